The summed E-state index contributed by atoms with van der Waals surface area (Å²) in [6.45, 7) is 5.67. The van der Waals surface area contributed by atoms with Crippen LogP contribution < -0.4 is 5.56 Å². The fourth-order valence-corrected chi connectivity index (χ4v) is 6.86. The van der Waals surface area contributed by atoms with Crippen molar-refractivity contribution in [3.05, 3.63) is 40.3 Å². The average molecular weight is 539 g/mol. The molecule has 0 spiro atoms. The monoisotopic (exact) mass is 538 g/mol. The highest BCUT2D eigenvalue weighted by atomic mass is 16.6. The number of hydrogen-bond donors (Lipinski definition) is 1. The van der Waals surface area contributed by atoms with E-state index < -0.39 is 5.97 Å². The van der Waals surface area contributed by atoms with Gasteiger partial charge in [0.05, 0.1) is 17.5 Å². The van der Waals surface area contributed by atoms with Crippen LogP contribution in [0.15, 0.2) is 34.2 Å². The first-order chi connectivity index (χ1) is 18.9. The van der Waals surface area contributed by atoms with E-state index in [1.54, 1.807) is 0 Å². The van der Waals surface area contributed by atoms with Crippen LogP contribution in [-0.4, -0.2) is 57.0 Å². The summed E-state index contributed by atoms with van der Waals surface area (Å²) in [4.78, 5) is 37.8. The molecule has 4 rings (SSSR count). The minimum atomic E-state index is -0.950. The van der Waals surface area contributed by atoms with Gasteiger partial charge >= 0.3 is 5.97 Å². The minimum Gasteiger partial charge on any atom is -0.481 e. The quantitative estimate of drug-likeness (QED) is 0.303. The van der Waals surface area contributed by atoms with Crippen LogP contribution in [0.5, 0.6) is 0 Å². The van der Waals surface area contributed by atoms with Crippen LogP contribution in [0, 0.1) is 5.92 Å². The van der Waals surface area contributed by atoms with Gasteiger partial charge in [0.25, 0.3) is 5.56 Å². The number of fused-ring (bicyclic) bond motifs is 1. The van der Waals surface area contributed by atoms with Crippen LogP contribution in [0.4, 0.5) is 0 Å². The maximum Gasteiger partial charge on any atom is 0.303 e. The Morgan fingerprint density at radius 1 is 1.08 bits per heavy atom. The van der Waals surface area contributed by atoms with E-state index in [9.17, 15) is 14.7 Å². The van der Waals surface area contributed by atoms with Crippen LogP contribution in [0.25, 0.3) is 11.0 Å². The number of aliphatic carboxylic acids is 1. The Kier molecular flexibility index (Phi) is 10.5. The van der Waals surface area contributed by atoms with E-state index in [4.69, 9.17) is 4.84 Å². The predicted molar refractivity (Wildman–Crippen MR) is 155 cm³/mol. The van der Waals surface area contributed by atoms with E-state index in [-0.39, 0.29) is 35.8 Å². The maximum absolute atomic E-state index is 14.1. The van der Waals surface area contributed by atoms with E-state index in [1.165, 1.54) is 52.1 Å². The van der Waals surface area contributed by atoms with Crippen molar-refractivity contribution in [1.82, 2.24) is 14.5 Å². The van der Waals surface area contributed by atoms with Crippen molar-refractivity contribution in [2.45, 2.75) is 115 Å². The molecule has 2 heterocycles. The number of carboxylic acid groups (broad SMARTS) is 1. The number of aromatic nitrogens is 2. The summed E-state index contributed by atoms with van der Waals surface area (Å²) in [5.41, 5.74) is 1.80. The largest absolute Gasteiger partial charge is 0.481 e. The van der Waals surface area contributed by atoms with Crippen molar-refractivity contribution in [1.29, 1.82) is 0 Å². The molecule has 2 aromatic rings. The van der Waals surface area contributed by atoms with Crippen LogP contribution in [-0.2, 0) is 9.63 Å². The Balaban J connectivity index is 1.69. The number of para-hydroxylation sites is 2. The Hall–Kier alpha value is -2.74. The third kappa shape index (κ3) is 7.27. The third-order valence-corrected chi connectivity index (χ3v) is 8.69. The second-order valence-electron chi connectivity index (χ2n) is 11.6. The number of nitrogens with zero attached hydrogens (tertiary/aromatic N) is 4. The molecule has 1 aromatic carbocycles. The molecule has 8 heteroatoms. The number of oxime groups is 1. The van der Waals surface area contributed by atoms with Crippen LogP contribution >= 0.6 is 0 Å². The Morgan fingerprint density at radius 3 is 2.59 bits per heavy atom. The lowest BCUT2D eigenvalue weighted by molar-refractivity contribution is -0.136. The second kappa shape index (κ2) is 14.1. The lowest BCUT2D eigenvalue weighted by Gasteiger charge is -2.45. The lowest BCUT2D eigenvalue weighted by Crippen LogP contribution is -2.50. The molecular formula is C31H46N4O4. The summed E-state index contributed by atoms with van der Waals surface area (Å²) >= 11 is 0. The Bertz CT molecular complexity index is 1190. The van der Waals surface area contributed by atoms with Crippen molar-refractivity contribution in [3.63, 3.8) is 0 Å². The highest BCUT2D eigenvalue weighted by Gasteiger charge is 2.35. The number of likely N-dealkylation sites (tertiary alicyclic amines) is 1. The number of carboxylic acids is 1. The van der Waals surface area contributed by atoms with Crippen molar-refractivity contribution in [2.24, 2.45) is 11.1 Å². The fourth-order valence-electron chi connectivity index (χ4n) is 6.86. The van der Waals surface area contributed by atoms with E-state index in [0.29, 0.717) is 17.6 Å². The normalized spacial score (nSPS) is 25.6. The molecule has 1 aromatic heterocycles. The summed E-state index contributed by atoms with van der Waals surface area (Å²) < 4.78 is 1.93. The molecule has 0 amide bonds. The first-order valence-corrected chi connectivity index (χ1v) is 15.0. The summed E-state index contributed by atoms with van der Waals surface area (Å²) in [6, 6.07) is 8.85. The van der Waals surface area contributed by atoms with Gasteiger partial charge in [0.15, 0.2) is 5.69 Å². The highest BCUT2D eigenvalue weighted by Crippen LogP contribution is 2.35. The number of hydrogen-bond acceptors (Lipinski definition) is 6. The van der Waals surface area contributed by atoms with Crippen LogP contribution in [0.3, 0.4) is 0 Å². The number of carbonyl (C=O) groups is 1. The molecule has 1 aliphatic heterocycles. The van der Waals surface area contributed by atoms with Gasteiger partial charge in [-0.1, -0.05) is 69.7 Å². The average Bonchev–Trinajstić information content (AvgIpc) is 3.02. The van der Waals surface area contributed by atoms with Gasteiger partial charge in [-0.2, -0.15) is 0 Å². The highest BCUT2D eigenvalue weighted by molar-refractivity contribution is 6.00. The van der Waals surface area contributed by atoms with Crippen LogP contribution in [0.2, 0.25) is 0 Å². The van der Waals surface area contributed by atoms with Crippen molar-refractivity contribution in [2.75, 3.05) is 13.7 Å². The van der Waals surface area contributed by atoms with Gasteiger partial charge < -0.3 is 14.5 Å². The van der Waals surface area contributed by atoms with Gasteiger partial charge in [0.2, 0.25) is 0 Å². The van der Waals surface area contributed by atoms with E-state index in [1.807, 2.05) is 28.8 Å². The lowest BCUT2D eigenvalue weighted by atomic mass is 9.88. The zero-order chi connectivity index (χ0) is 27.8. The molecule has 39 heavy (non-hydrogen) atoms. The van der Waals surface area contributed by atoms with Gasteiger partial charge in [-0.15, -0.1) is 0 Å². The second-order valence-corrected chi connectivity index (χ2v) is 11.6. The molecule has 2 fully saturated rings. The SMILES string of the molecule is CCC[C@@H]1C[C@H](n2c(=O)c(/C(CCC(=O)O)=N/OC)nc3ccccc32)CCN1[C@@H]1CCCCCC[C@@H](C)C1. The molecular weight excluding hydrogens is 492 g/mol. The summed E-state index contributed by atoms with van der Waals surface area (Å²) in [7, 11) is 1.41. The summed E-state index contributed by atoms with van der Waals surface area (Å²) in [5.74, 6) is -0.194. The molecule has 0 unspecified atom stereocenters. The van der Waals surface area contributed by atoms with E-state index in [2.05, 4.69) is 28.9 Å². The van der Waals surface area contributed by atoms with Gasteiger partial charge in [-0.3, -0.25) is 14.5 Å². The molecule has 1 saturated heterocycles. The smallest absolute Gasteiger partial charge is 0.303 e. The van der Waals surface area contributed by atoms with Crippen LogP contribution in [0.1, 0.15) is 109 Å². The summed E-state index contributed by atoms with van der Waals surface area (Å²) in [5, 5.41) is 13.3. The first kappa shape index (κ1) is 29.2. The third-order valence-electron chi connectivity index (χ3n) is 8.69. The van der Waals surface area contributed by atoms with Crippen molar-refractivity contribution >= 4 is 22.7 Å². The minimum absolute atomic E-state index is 0.0500. The predicted octanol–water partition coefficient (Wildman–Crippen LogP) is 6.17. The van der Waals surface area contributed by atoms with Gasteiger partial charge in [0, 0.05) is 31.1 Å². The van der Waals surface area contributed by atoms with Gasteiger partial charge in [-0.05, 0) is 50.2 Å². The van der Waals surface area contributed by atoms with Crippen molar-refractivity contribution < 1.29 is 14.7 Å². The molecule has 1 saturated carbocycles. The topological polar surface area (TPSA) is 97.0 Å². The van der Waals surface area contributed by atoms with E-state index >= 15 is 0 Å². The number of piperidine rings is 1. The zero-order valence-corrected chi connectivity index (χ0v) is 24.0. The molecule has 1 N–H and O–H groups in total. The molecule has 4 atom stereocenters. The molecule has 214 valence electrons. The Labute approximate surface area is 232 Å². The molecule has 0 bridgehead atoms. The molecule has 2 aliphatic rings. The van der Waals surface area contributed by atoms with Gasteiger partial charge in [-0.25, -0.2) is 4.98 Å². The first-order valence-electron chi connectivity index (χ1n) is 15.0. The Morgan fingerprint density at radius 2 is 1.85 bits per heavy atom. The standard InChI is InChI=1S/C31H46N4O4/c1-4-11-23-21-25(18-19-34(23)24-13-8-6-5-7-12-22(2)20-24)35-28-15-10-9-14-26(28)32-30(31(35)38)27(33-39-3)16-17-29(36)37/h9-10,14-15,22-25H,4-8,11-13,16-21H2,1-3H3,(H,36,37)/b33-27+/t22-,23-,24-,25-/m1/s1. The number of benzene rings is 1. The maximum atomic E-state index is 14.1. The fraction of sp³-hybridized carbons (Fsp3) is 0.677. The summed E-state index contributed by atoms with van der Waals surface area (Å²) in [6.07, 6.45) is 13.3. The van der Waals surface area contributed by atoms with E-state index in [0.717, 1.165) is 43.7 Å². The zero-order valence-electron chi connectivity index (χ0n) is 24.0. The molecule has 0 radical (unpaired) electrons. The molecule has 8 nitrogen and oxygen atoms in total. The van der Waals surface area contributed by atoms with Gasteiger partial charge in [0.1, 0.15) is 12.8 Å². The van der Waals surface area contributed by atoms with Crippen molar-refractivity contribution in [3.8, 4) is 0 Å². The molecule has 1 aliphatic carbocycles. The number of rotatable bonds is 9.